The third-order valence-electron chi connectivity index (χ3n) is 5.05. The summed E-state index contributed by atoms with van der Waals surface area (Å²) in [6.07, 6.45) is -0.822. The largest absolute Gasteiger partial charge is 0.463 e. The third-order valence-corrected chi connectivity index (χ3v) is 5.52. The molecule has 0 saturated carbocycles. The first-order valence-electron chi connectivity index (χ1n) is 10.9. The Balaban J connectivity index is 1.73. The molecule has 0 radical (unpaired) electrons. The van der Waals surface area contributed by atoms with Crippen LogP contribution in [-0.4, -0.2) is 41.2 Å². The number of hydrogen-bond donors (Lipinski definition) is 5. The van der Waals surface area contributed by atoms with Crippen molar-refractivity contribution in [3.63, 3.8) is 0 Å². The quantitative estimate of drug-likeness (QED) is 0.269. The number of benzene rings is 2. The fourth-order valence-corrected chi connectivity index (χ4v) is 3.26. The van der Waals surface area contributed by atoms with Crippen LogP contribution in [-0.2, 0) is 11.3 Å². The molecule has 0 fully saturated rings. The number of primary amides is 1. The van der Waals surface area contributed by atoms with Gasteiger partial charge in [0.25, 0.3) is 5.91 Å². The molecule has 3 rings (SSSR count). The summed E-state index contributed by atoms with van der Waals surface area (Å²) in [5, 5.41) is 6.04. The van der Waals surface area contributed by atoms with Crippen molar-refractivity contribution in [2.75, 3.05) is 17.6 Å². The van der Waals surface area contributed by atoms with E-state index in [9.17, 15) is 9.59 Å². The molecule has 1 aromatic heterocycles. The van der Waals surface area contributed by atoms with Crippen LogP contribution >= 0.6 is 12.6 Å². The molecule has 2 atom stereocenters. The van der Waals surface area contributed by atoms with Crippen LogP contribution in [0.5, 0.6) is 5.88 Å². The van der Waals surface area contributed by atoms with Gasteiger partial charge >= 0.3 is 0 Å². The number of nitrogens with one attached hydrogen (secondary N) is 2. The van der Waals surface area contributed by atoms with Gasteiger partial charge in [0.1, 0.15) is 0 Å². The molecule has 0 spiro atoms. The molecule has 178 valence electrons. The van der Waals surface area contributed by atoms with Crippen LogP contribution in [0.3, 0.4) is 0 Å². The summed E-state index contributed by atoms with van der Waals surface area (Å²) in [6, 6.07) is 20.1. The molecule has 0 bridgehead atoms. The number of amides is 2. The summed E-state index contributed by atoms with van der Waals surface area (Å²) in [7, 11) is 0. The van der Waals surface area contributed by atoms with Gasteiger partial charge in [-0.3, -0.25) is 9.59 Å². The third kappa shape index (κ3) is 6.97. The molecule has 0 aliphatic rings. The van der Waals surface area contributed by atoms with Crippen LogP contribution < -0.4 is 26.8 Å². The Labute approximate surface area is 204 Å². The molecule has 6 N–H and O–H groups in total. The maximum absolute atomic E-state index is 12.7. The molecule has 2 amide bonds. The summed E-state index contributed by atoms with van der Waals surface area (Å²) >= 11 is 4.21. The Morgan fingerprint density at radius 3 is 2.56 bits per heavy atom. The van der Waals surface area contributed by atoms with Crippen LogP contribution in [0.15, 0.2) is 66.7 Å². The monoisotopic (exact) mass is 479 g/mol. The Morgan fingerprint density at radius 1 is 1.09 bits per heavy atom. The van der Waals surface area contributed by atoms with Crippen LogP contribution in [0.1, 0.15) is 22.8 Å². The number of thiol groups is 1. The molecular formula is C25H29N5O3S. The Bertz CT molecular complexity index is 1130. The molecule has 9 heteroatoms. The predicted molar refractivity (Wildman–Crippen MR) is 137 cm³/mol. The Kier molecular flexibility index (Phi) is 8.89. The average Bonchev–Trinajstić information content (AvgIpc) is 2.86. The van der Waals surface area contributed by atoms with E-state index in [1.165, 1.54) is 0 Å². The fourth-order valence-electron chi connectivity index (χ4n) is 3.13. The van der Waals surface area contributed by atoms with Crippen molar-refractivity contribution in [2.24, 2.45) is 11.5 Å². The zero-order valence-electron chi connectivity index (χ0n) is 18.9. The van der Waals surface area contributed by atoms with E-state index in [4.69, 9.17) is 16.2 Å². The molecule has 2 aromatic carbocycles. The van der Waals surface area contributed by atoms with E-state index in [2.05, 4.69) is 28.2 Å². The van der Waals surface area contributed by atoms with E-state index < -0.39 is 12.0 Å². The summed E-state index contributed by atoms with van der Waals surface area (Å²) in [5.41, 5.74) is 14.7. The number of hydrogen-bond acceptors (Lipinski definition) is 7. The Morgan fingerprint density at radius 2 is 1.85 bits per heavy atom. The molecule has 34 heavy (non-hydrogen) atoms. The summed E-state index contributed by atoms with van der Waals surface area (Å²) in [5.74, 6) is -0.0264. The minimum absolute atomic E-state index is 0.151. The fraction of sp³-hybridized carbons (Fsp3) is 0.240. The zero-order valence-corrected chi connectivity index (χ0v) is 19.8. The van der Waals surface area contributed by atoms with Crippen molar-refractivity contribution in [1.82, 2.24) is 10.3 Å². The van der Waals surface area contributed by atoms with Crippen LogP contribution in [0.2, 0.25) is 0 Å². The molecule has 8 nitrogen and oxygen atoms in total. The van der Waals surface area contributed by atoms with Gasteiger partial charge in [0, 0.05) is 36.0 Å². The number of carbonyl (C=O) groups is 2. The minimum Gasteiger partial charge on any atom is -0.463 e. The number of anilines is 1. The first-order valence-corrected chi connectivity index (χ1v) is 11.5. The number of nitrogens with zero attached hydrogens (tertiary/aromatic N) is 1. The van der Waals surface area contributed by atoms with Crippen molar-refractivity contribution in [3.05, 3.63) is 77.9 Å². The summed E-state index contributed by atoms with van der Waals surface area (Å²) < 4.78 is 5.97. The number of aromatic nitrogens is 1. The van der Waals surface area contributed by atoms with Crippen molar-refractivity contribution in [2.45, 2.75) is 25.6 Å². The lowest BCUT2D eigenvalue weighted by Crippen LogP contribution is -2.36. The molecular weight excluding hydrogens is 450 g/mol. The first kappa shape index (κ1) is 25.1. The van der Waals surface area contributed by atoms with Crippen molar-refractivity contribution in [3.8, 4) is 17.1 Å². The predicted octanol–water partition coefficient (Wildman–Crippen LogP) is 2.60. The number of ether oxygens (including phenoxy) is 1. The number of rotatable bonds is 11. The van der Waals surface area contributed by atoms with Crippen LogP contribution in [0.4, 0.5) is 5.69 Å². The molecule has 0 saturated heterocycles. The first-order chi connectivity index (χ1) is 16.4. The normalized spacial score (nSPS) is 12.4. The van der Waals surface area contributed by atoms with Crippen molar-refractivity contribution < 1.29 is 14.3 Å². The lowest BCUT2D eigenvalue weighted by atomic mass is 10.1. The second-order valence-electron chi connectivity index (χ2n) is 7.78. The van der Waals surface area contributed by atoms with Gasteiger partial charge < -0.3 is 26.8 Å². The van der Waals surface area contributed by atoms with E-state index in [-0.39, 0.29) is 18.5 Å². The number of pyridine rings is 1. The summed E-state index contributed by atoms with van der Waals surface area (Å²) in [6.45, 7) is 2.35. The number of nitrogens with two attached hydrogens (primary N) is 2. The van der Waals surface area contributed by atoms with Crippen LogP contribution in [0, 0.1) is 0 Å². The highest BCUT2D eigenvalue weighted by Gasteiger charge is 2.19. The van der Waals surface area contributed by atoms with Gasteiger partial charge in [0.15, 0.2) is 6.10 Å². The van der Waals surface area contributed by atoms with E-state index in [0.29, 0.717) is 29.4 Å². The average molecular weight is 480 g/mol. The topological polar surface area (TPSA) is 132 Å². The molecule has 3 aromatic rings. The number of carbonyl (C=O) groups excluding carboxylic acids is 2. The highest BCUT2D eigenvalue weighted by atomic mass is 32.1. The van der Waals surface area contributed by atoms with Crippen molar-refractivity contribution in [1.29, 1.82) is 0 Å². The maximum atomic E-state index is 12.7. The minimum atomic E-state index is -0.822. The van der Waals surface area contributed by atoms with E-state index in [0.717, 1.165) is 16.8 Å². The van der Waals surface area contributed by atoms with Gasteiger partial charge in [-0.05, 0) is 36.8 Å². The second kappa shape index (κ2) is 12.1. The zero-order chi connectivity index (χ0) is 24.5. The lowest BCUT2D eigenvalue weighted by Gasteiger charge is -2.19. The van der Waals surface area contributed by atoms with Crippen molar-refractivity contribution >= 4 is 30.1 Å². The maximum Gasteiger partial charge on any atom is 0.261 e. The van der Waals surface area contributed by atoms with E-state index in [1.807, 2.05) is 42.5 Å². The SMILES string of the molecule is CC(Oc1nc(-c2ccccc2)ccc1NCC(N)CS)C(=O)NCc1cccc(C(N)=O)c1. The smallest absolute Gasteiger partial charge is 0.261 e. The van der Waals surface area contributed by atoms with Crippen LogP contribution in [0.25, 0.3) is 11.3 Å². The highest BCUT2D eigenvalue weighted by Crippen LogP contribution is 2.28. The highest BCUT2D eigenvalue weighted by molar-refractivity contribution is 7.80. The van der Waals surface area contributed by atoms with Gasteiger partial charge in [0.2, 0.25) is 11.8 Å². The van der Waals surface area contributed by atoms with Gasteiger partial charge in [-0.1, -0.05) is 42.5 Å². The standard InChI is InChI=1S/C25H29N5O3S/c1-16(24(32)29-13-17-6-5-9-19(12-17)23(27)31)33-25-22(28-14-20(26)15-34)11-10-21(30-25)18-7-3-2-4-8-18/h2-12,16,20,28,34H,13-15,26H2,1H3,(H2,27,31)(H,29,32). The lowest BCUT2D eigenvalue weighted by molar-refractivity contribution is -0.127. The van der Waals surface area contributed by atoms with Gasteiger partial charge in [0.05, 0.1) is 11.4 Å². The van der Waals surface area contributed by atoms with E-state index in [1.54, 1.807) is 31.2 Å². The molecule has 0 aliphatic heterocycles. The molecule has 0 aliphatic carbocycles. The molecule has 2 unspecified atom stereocenters. The van der Waals surface area contributed by atoms with E-state index >= 15 is 0 Å². The van der Waals surface area contributed by atoms with Gasteiger partial charge in [-0.15, -0.1) is 0 Å². The van der Waals surface area contributed by atoms with Gasteiger partial charge in [-0.2, -0.15) is 12.6 Å². The summed E-state index contributed by atoms with van der Waals surface area (Å²) in [4.78, 5) is 28.7. The Hall–Kier alpha value is -3.56. The second-order valence-corrected chi connectivity index (χ2v) is 8.15. The molecule has 1 heterocycles. The van der Waals surface area contributed by atoms with Gasteiger partial charge in [-0.25, -0.2) is 4.98 Å².